The Bertz CT molecular complexity index is 876. The minimum absolute atomic E-state index is 0.00403. The fourth-order valence-corrected chi connectivity index (χ4v) is 3.90. The summed E-state index contributed by atoms with van der Waals surface area (Å²) in [6.07, 6.45) is 4.15. The third-order valence-electron chi connectivity index (χ3n) is 4.07. The van der Waals surface area contributed by atoms with Crippen LogP contribution in [0, 0.1) is 6.92 Å². The van der Waals surface area contributed by atoms with Crippen LogP contribution in [0.25, 0.3) is 10.2 Å². The summed E-state index contributed by atoms with van der Waals surface area (Å²) in [5.41, 5.74) is 1.11. The van der Waals surface area contributed by atoms with E-state index in [0.717, 1.165) is 34.6 Å². The van der Waals surface area contributed by atoms with Crippen LogP contribution >= 0.6 is 11.3 Å². The number of nitrogens with zero attached hydrogens (tertiary/aromatic N) is 5. The number of rotatable bonds is 4. The van der Waals surface area contributed by atoms with Crippen LogP contribution in [-0.2, 0) is 13.0 Å². The Kier molecular flexibility index (Phi) is 3.82. The van der Waals surface area contributed by atoms with E-state index in [2.05, 4.69) is 22.1 Å². The Morgan fingerprint density at radius 1 is 1.32 bits per heavy atom. The highest BCUT2D eigenvalue weighted by Gasteiger charge is 2.20. The van der Waals surface area contributed by atoms with Gasteiger partial charge in [-0.3, -0.25) is 9.36 Å². The van der Waals surface area contributed by atoms with E-state index in [0.29, 0.717) is 0 Å². The van der Waals surface area contributed by atoms with Crippen LogP contribution in [0.2, 0.25) is 0 Å². The minimum Gasteiger partial charge on any atom is -0.316 e. The van der Waals surface area contributed by atoms with Gasteiger partial charge >= 0.3 is 0 Å². The molecule has 0 saturated heterocycles. The molecule has 3 aromatic rings. The van der Waals surface area contributed by atoms with Crippen LogP contribution in [0.5, 0.6) is 0 Å². The molecule has 0 bridgehead atoms. The zero-order chi connectivity index (χ0) is 15.9. The van der Waals surface area contributed by atoms with Crippen LogP contribution < -0.4 is 5.56 Å². The maximum atomic E-state index is 12.9. The van der Waals surface area contributed by atoms with E-state index in [4.69, 9.17) is 0 Å². The first-order chi connectivity index (χ1) is 10.6. The van der Waals surface area contributed by atoms with Crippen LogP contribution in [0.3, 0.4) is 0 Å². The first-order valence-electron chi connectivity index (χ1n) is 7.45. The zero-order valence-electron chi connectivity index (χ0n) is 13.2. The van der Waals surface area contributed by atoms with Crippen molar-refractivity contribution in [2.24, 2.45) is 0 Å². The van der Waals surface area contributed by atoms with Gasteiger partial charge in [0.25, 0.3) is 5.56 Å². The van der Waals surface area contributed by atoms with E-state index < -0.39 is 0 Å². The predicted octanol–water partition coefficient (Wildman–Crippen LogP) is 2.55. The second-order valence-electron chi connectivity index (χ2n) is 5.28. The molecule has 1 atom stereocenters. The quantitative estimate of drug-likeness (QED) is 0.742. The van der Waals surface area contributed by atoms with Crippen molar-refractivity contribution in [1.82, 2.24) is 24.3 Å². The first-order valence-corrected chi connectivity index (χ1v) is 8.26. The molecule has 3 heterocycles. The highest BCUT2D eigenvalue weighted by atomic mass is 32.1. The third-order valence-corrected chi connectivity index (χ3v) is 5.12. The molecule has 6 nitrogen and oxygen atoms in total. The molecule has 0 radical (unpaired) electrons. The Labute approximate surface area is 132 Å². The van der Waals surface area contributed by atoms with E-state index in [9.17, 15) is 4.79 Å². The molecule has 0 N–H and O–H groups in total. The van der Waals surface area contributed by atoms with E-state index in [1.165, 1.54) is 4.88 Å². The molecule has 7 heteroatoms. The maximum absolute atomic E-state index is 12.9. The fraction of sp³-hybridized carbons (Fsp3) is 0.467. The van der Waals surface area contributed by atoms with Gasteiger partial charge < -0.3 is 4.57 Å². The van der Waals surface area contributed by atoms with E-state index in [1.54, 1.807) is 28.6 Å². The second kappa shape index (κ2) is 5.64. The van der Waals surface area contributed by atoms with Gasteiger partial charge in [-0.15, -0.1) is 21.5 Å². The summed E-state index contributed by atoms with van der Waals surface area (Å²) in [4.78, 5) is 19.4. The standard InChI is InChI=1S/C15H19N5OS/c1-5-11-10(4)22-14-12(11)15(21)20(7-16-14)9(3)13-18-17-8-19(13)6-2/h7-9H,5-6H2,1-4H3. The molecule has 0 saturated carbocycles. The first kappa shape index (κ1) is 14.9. The zero-order valence-corrected chi connectivity index (χ0v) is 14.0. The lowest BCUT2D eigenvalue weighted by atomic mass is 10.1. The van der Waals surface area contributed by atoms with Crippen molar-refractivity contribution < 1.29 is 0 Å². The van der Waals surface area contributed by atoms with Gasteiger partial charge in [-0.1, -0.05) is 6.92 Å². The Morgan fingerprint density at radius 3 is 2.77 bits per heavy atom. The van der Waals surface area contributed by atoms with E-state index in [-0.39, 0.29) is 11.6 Å². The number of aromatic nitrogens is 5. The summed E-state index contributed by atoms with van der Waals surface area (Å²) in [5, 5.41) is 8.86. The Hall–Kier alpha value is -2.02. The molecule has 0 aliphatic rings. The van der Waals surface area contributed by atoms with Gasteiger partial charge in [0.05, 0.1) is 17.8 Å². The second-order valence-corrected chi connectivity index (χ2v) is 6.48. The van der Waals surface area contributed by atoms with Gasteiger partial charge in [0.2, 0.25) is 0 Å². The van der Waals surface area contributed by atoms with E-state index in [1.807, 2.05) is 25.3 Å². The van der Waals surface area contributed by atoms with Crippen molar-refractivity contribution in [2.75, 3.05) is 0 Å². The molecule has 0 fully saturated rings. The van der Waals surface area contributed by atoms with E-state index >= 15 is 0 Å². The summed E-state index contributed by atoms with van der Waals surface area (Å²) in [7, 11) is 0. The fourth-order valence-electron chi connectivity index (χ4n) is 2.83. The largest absolute Gasteiger partial charge is 0.316 e. The van der Waals surface area contributed by atoms with Crippen molar-refractivity contribution in [3.8, 4) is 0 Å². The lowest BCUT2D eigenvalue weighted by Crippen LogP contribution is -2.26. The average molecular weight is 317 g/mol. The molecular weight excluding hydrogens is 298 g/mol. The molecule has 22 heavy (non-hydrogen) atoms. The molecule has 1 unspecified atom stereocenters. The molecule has 0 aliphatic heterocycles. The molecule has 0 spiro atoms. The topological polar surface area (TPSA) is 65.6 Å². The van der Waals surface area contributed by atoms with Crippen LogP contribution in [0.4, 0.5) is 0 Å². The van der Waals surface area contributed by atoms with Gasteiger partial charge in [-0.05, 0) is 32.8 Å². The molecule has 116 valence electrons. The summed E-state index contributed by atoms with van der Waals surface area (Å²) in [5.74, 6) is 0.774. The maximum Gasteiger partial charge on any atom is 0.263 e. The average Bonchev–Trinajstić information content (AvgIpc) is 3.10. The lowest BCUT2D eigenvalue weighted by molar-refractivity contribution is 0.537. The third kappa shape index (κ3) is 2.16. The van der Waals surface area contributed by atoms with Gasteiger partial charge in [0.15, 0.2) is 5.82 Å². The van der Waals surface area contributed by atoms with Gasteiger partial charge in [0, 0.05) is 11.4 Å². The number of aryl methyl sites for hydroxylation is 3. The van der Waals surface area contributed by atoms with Crippen molar-refractivity contribution in [3.05, 3.63) is 39.3 Å². The SMILES string of the molecule is CCc1c(C)sc2ncn(C(C)c3nncn3CC)c(=O)c12. The van der Waals surface area contributed by atoms with Gasteiger partial charge in [-0.2, -0.15) is 0 Å². The number of hydrogen-bond acceptors (Lipinski definition) is 5. The summed E-state index contributed by atoms with van der Waals surface area (Å²) in [6.45, 7) is 8.88. The van der Waals surface area contributed by atoms with Crippen molar-refractivity contribution in [3.63, 3.8) is 0 Å². The van der Waals surface area contributed by atoms with Crippen LogP contribution in [0.15, 0.2) is 17.4 Å². The molecular formula is C15H19N5OS. The van der Waals surface area contributed by atoms with Crippen molar-refractivity contribution >= 4 is 21.6 Å². The van der Waals surface area contributed by atoms with Gasteiger partial charge in [0.1, 0.15) is 11.2 Å². The van der Waals surface area contributed by atoms with Crippen LogP contribution in [-0.4, -0.2) is 24.3 Å². The van der Waals surface area contributed by atoms with Crippen molar-refractivity contribution in [2.45, 2.75) is 46.7 Å². The summed E-state index contributed by atoms with van der Waals surface area (Å²) < 4.78 is 3.60. The van der Waals surface area contributed by atoms with Crippen LogP contribution in [0.1, 0.15) is 43.1 Å². The number of thiophene rings is 1. The lowest BCUT2D eigenvalue weighted by Gasteiger charge is -2.14. The molecule has 3 aromatic heterocycles. The highest BCUT2D eigenvalue weighted by Crippen LogP contribution is 2.27. The monoisotopic (exact) mass is 317 g/mol. The molecule has 3 rings (SSSR count). The highest BCUT2D eigenvalue weighted by molar-refractivity contribution is 7.18. The molecule has 0 amide bonds. The predicted molar refractivity (Wildman–Crippen MR) is 87.5 cm³/mol. The summed E-state index contributed by atoms with van der Waals surface area (Å²) in [6, 6.07) is -0.197. The number of fused-ring (bicyclic) bond motifs is 1. The van der Waals surface area contributed by atoms with Crippen molar-refractivity contribution in [1.29, 1.82) is 0 Å². The minimum atomic E-state index is -0.197. The van der Waals surface area contributed by atoms with Gasteiger partial charge in [-0.25, -0.2) is 4.98 Å². The molecule has 0 aromatic carbocycles. The summed E-state index contributed by atoms with van der Waals surface area (Å²) >= 11 is 1.59. The smallest absolute Gasteiger partial charge is 0.263 e. The Morgan fingerprint density at radius 2 is 2.09 bits per heavy atom. The Balaban J connectivity index is 2.20. The molecule has 0 aliphatic carbocycles. The normalized spacial score (nSPS) is 12.9. The number of hydrogen-bond donors (Lipinski definition) is 0.